The molecule has 1 aliphatic heterocycles. The smallest absolute Gasteiger partial charge is 0.322 e. The Morgan fingerprint density at radius 2 is 1.90 bits per heavy atom. The van der Waals surface area contributed by atoms with E-state index in [1.165, 1.54) is 12.1 Å². The van der Waals surface area contributed by atoms with Crippen LogP contribution in [0.15, 0.2) is 42.5 Å². The number of rotatable bonds is 5. The maximum absolute atomic E-state index is 12.9. The Labute approximate surface area is 167 Å². The van der Waals surface area contributed by atoms with Crippen LogP contribution >= 0.6 is 0 Å². The number of hydrogen-bond acceptors (Lipinski definition) is 2. The van der Waals surface area contributed by atoms with Gasteiger partial charge in [0.15, 0.2) is 0 Å². The molecule has 0 atom stereocenters. The van der Waals surface area contributed by atoms with Crippen LogP contribution in [-0.4, -0.2) is 18.4 Å². The average molecular weight is 404 g/mol. The molecular weight excluding hydrogens is 381 g/mol. The van der Waals surface area contributed by atoms with Gasteiger partial charge in [0.2, 0.25) is 5.91 Å². The summed E-state index contributed by atoms with van der Waals surface area (Å²) < 4.78 is 38.6. The predicted octanol–water partition coefficient (Wildman–Crippen LogP) is 5.28. The second kappa shape index (κ2) is 8.27. The van der Waals surface area contributed by atoms with Crippen molar-refractivity contribution in [3.8, 4) is 0 Å². The minimum atomic E-state index is -4.51. The van der Waals surface area contributed by atoms with E-state index in [0.717, 1.165) is 29.8 Å². The number of carbonyl (C=O) groups is 2. The van der Waals surface area contributed by atoms with Crippen molar-refractivity contribution < 1.29 is 22.8 Å². The van der Waals surface area contributed by atoms with Crippen LogP contribution in [-0.2, 0) is 17.4 Å². The van der Waals surface area contributed by atoms with Gasteiger partial charge in [0, 0.05) is 29.9 Å². The van der Waals surface area contributed by atoms with E-state index in [-0.39, 0.29) is 11.5 Å². The van der Waals surface area contributed by atoms with Gasteiger partial charge in [-0.2, -0.15) is 13.2 Å². The normalized spacial score (nSPS) is 14.1. The van der Waals surface area contributed by atoms with Crippen LogP contribution in [0.2, 0.25) is 0 Å². The summed E-state index contributed by atoms with van der Waals surface area (Å²) in [5.74, 6) is -0.0577. The van der Waals surface area contributed by atoms with Gasteiger partial charge in [0.05, 0.1) is 5.56 Å². The number of halogens is 3. The molecule has 7 heteroatoms. The fourth-order valence-corrected chi connectivity index (χ4v) is 3.31. The first-order valence-corrected chi connectivity index (χ1v) is 9.57. The first-order valence-electron chi connectivity index (χ1n) is 9.57. The third-order valence-corrected chi connectivity index (χ3v) is 4.92. The van der Waals surface area contributed by atoms with Gasteiger partial charge in [-0.15, -0.1) is 0 Å². The molecule has 0 saturated carbocycles. The Kier molecular flexibility index (Phi) is 5.96. The van der Waals surface area contributed by atoms with Crippen molar-refractivity contribution in [1.29, 1.82) is 0 Å². The van der Waals surface area contributed by atoms with Crippen LogP contribution < -0.4 is 10.2 Å². The standard InChI is InChI=1S/C22H23F3N2O2/c1-14(2)10-11-27-19-8-7-18(13-15(19)6-9-20(27)28)26-21(29)16-4-3-5-17(12-16)22(23,24)25/h3-5,7-8,12-14H,6,9-11H2,1-2H3,(H,26,29). The molecule has 1 aliphatic rings. The van der Waals surface area contributed by atoms with E-state index in [2.05, 4.69) is 19.2 Å². The van der Waals surface area contributed by atoms with Crippen molar-refractivity contribution >= 4 is 23.2 Å². The lowest BCUT2D eigenvalue weighted by Gasteiger charge is -2.30. The summed E-state index contributed by atoms with van der Waals surface area (Å²) in [6.07, 6.45) is -2.65. The molecule has 4 nitrogen and oxygen atoms in total. The topological polar surface area (TPSA) is 49.4 Å². The molecule has 0 radical (unpaired) electrons. The summed E-state index contributed by atoms with van der Waals surface area (Å²) in [5.41, 5.74) is 1.33. The quantitative estimate of drug-likeness (QED) is 0.737. The molecule has 154 valence electrons. The second-order valence-electron chi connectivity index (χ2n) is 7.60. The van der Waals surface area contributed by atoms with Crippen molar-refractivity contribution in [2.75, 3.05) is 16.8 Å². The fourth-order valence-electron chi connectivity index (χ4n) is 3.31. The highest BCUT2D eigenvalue weighted by Gasteiger charge is 2.31. The molecule has 2 amide bonds. The van der Waals surface area contributed by atoms with E-state index >= 15 is 0 Å². The molecule has 29 heavy (non-hydrogen) atoms. The summed E-state index contributed by atoms with van der Waals surface area (Å²) in [6.45, 7) is 4.84. The Hall–Kier alpha value is -2.83. The van der Waals surface area contributed by atoms with Gasteiger partial charge in [-0.3, -0.25) is 9.59 Å². The van der Waals surface area contributed by atoms with E-state index in [1.54, 1.807) is 23.1 Å². The van der Waals surface area contributed by atoms with Gasteiger partial charge in [-0.1, -0.05) is 19.9 Å². The number of benzene rings is 2. The van der Waals surface area contributed by atoms with Gasteiger partial charge in [-0.05, 0) is 60.7 Å². The summed E-state index contributed by atoms with van der Waals surface area (Å²) in [4.78, 5) is 26.5. The number of amides is 2. The number of alkyl halides is 3. The van der Waals surface area contributed by atoms with E-state index in [9.17, 15) is 22.8 Å². The third-order valence-electron chi connectivity index (χ3n) is 4.92. The molecule has 0 fully saturated rings. The largest absolute Gasteiger partial charge is 0.416 e. The van der Waals surface area contributed by atoms with Crippen molar-refractivity contribution in [1.82, 2.24) is 0 Å². The molecule has 2 aromatic rings. The molecule has 0 bridgehead atoms. The van der Waals surface area contributed by atoms with Crippen molar-refractivity contribution in [3.05, 3.63) is 59.2 Å². The summed E-state index contributed by atoms with van der Waals surface area (Å²) in [5, 5.41) is 2.65. The molecule has 2 aromatic carbocycles. The summed E-state index contributed by atoms with van der Waals surface area (Å²) in [7, 11) is 0. The van der Waals surface area contributed by atoms with Crippen molar-refractivity contribution in [2.24, 2.45) is 5.92 Å². The van der Waals surface area contributed by atoms with Gasteiger partial charge in [0.25, 0.3) is 5.91 Å². The molecule has 0 unspecified atom stereocenters. The van der Waals surface area contributed by atoms with Crippen molar-refractivity contribution in [3.63, 3.8) is 0 Å². The van der Waals surface area contributed by atoms with Gasteiger partial charge >= 0.3 is 6.18 Å². The van der Waals surface area contributed by atoms with Crippen LogP contribution in [0.5, 0.6) is 0 Å². The zero-order chi connectivity index (χ0) is 21.2. The lowest BCUT2D eigenvalue weighted by molar-refractivity contribution is -0.137. The average Bonchev–Trinajstić information content (AvgIpc) is 2.66. The van der Waals surface area contributed by atoms with Crippen LogP contribution in [0.25, 0.3) is 0 Å². The number of nitrogens with one attached hydrogen (secondary N) is 1. The summed E-state index contributed by atoms with van der Waals surface area (Å²) in [6, 6.07) is 9.56. The van der Waals surface area contributed by atoms with Gasteiger partial charge in [0.1, 0.15) is 0 Å². The number of aryl methyl sites for hydroxylation is 1. The van der Waals surface area contributed by atoms with Crippen LogP contribution in [0, 0.1) is 5.92 Å². The third kappa shape index (κ3) is 4.96. The zero-order valence-electron chi connectivity index (χ0n) is 16.3. The van der Waals surface area contributed by atoms with Crippen LogP contribution in [0.4, 0.5) is 24.5 Å². The van der Waals surface area contributed by atoms with Crippen LogP contribution in [0.1, 0.15) is 48.2 Å². The number of carbonyl (C=O) groups excluding carboxylic acids is 2. The minimum absolute atomic E-state index is 0.0636. The van der Waals surface area contributed by atoms with E-state index in [0.29, 0.717) is 31.0 Å². The minimum Gasteiger partial charge on any atom is -0.322 e. The van der Waals surface area contributed by atoms with Gasteiger partial charge in [-0.25, -0.2) is 0 Å². The lowest BCUT2D eigenvalue weighted by Crippen LogP contribution is -2.36. The highest BCUT2D eigenvalue weighted by molar-refractivity contribution is 6.05. The highest BCUT2D eigenvalue weighted by atomic mass is 19.4. The highest BCUT2D eigenvalue weighted by Crippen LogP contribution is 2.32. The molecule has 0 aromatic heterocycles. The van der Waals surface area contributed by atoms with E-state index < -0.39 is 17.6 Å². The Bertz CT molecular complexity index is 923. The molecule has 0 aliphatic carbocycles. The monoisotopic (exact) mass is 404 g/mol. The Morgan fingerprint density at radius 1 is 1.14 bits per heavy atom. The second-order valence-corrected chi connectivity index (χ2v) is 7.60. The number of hydrogen-bond donors (Lipinski definition) is 1. The maximum atomic E-state index is 12.9. The van der Waals surface area contributed by atoms with Crippen molar-refractivity contribution in [2.45, 2.75) is 39.3 Å². The number of fused-ring (bicyclic) bond motifs is 1. The van der Waals surface area contributed by atoms with E-state index in [4.69, 9.17) is 0 Å². The maximum Gasteiger partial charge on any atom is 0.416 e. The Balaban J connectivity index is 1.78. The summed E-state index contributed by atoms with van der Waals surface area (Å²) >= 11 is 0. The molecule has 3 rings (SSSR count). The lowest BCUT2D eigenvalue weighted by atomic mass is 9.99. The number of anilines is 2. The fraction of sp³-hybridized carbons (Fsp3) is 0.364. The molecule has 1 heterocycles. The van der Waals surface area contributed by atoms with Gasteiger partial charge < -0.3 is 10.2 Å². The van der Waals surface area contributed by atoms with Crippen LogP contribution in [0.3, 0.4) is 0 Å². The SMILES string of the molecule is CC(C)CCN1C(=O)CCc2cc(NC(=O)c3cccc(C(F)(F)F)c3)ccc21. The predicted molar refractivity (Wildman–Crippen MR) is 106 cm³/mol. The first-order chi connectivity index (χ1) is 13.6. The molecule has 1 N–H and O–H groups in total. The molecule has 0 saturated heterocycles. The molecule has 0 spiro atoms. The first kappa shape index (κ1) is 20.9. The molecular formula is C22H23F3N2O2. The van der Waals surface area contributed by atoms with E-state index in [1.807, 2.05) is 0 Å². The Morgan fingerprint density at radius 3 is 2.59 bits per heavy atom. The zero-order valence-corrected chi connectivity index (χ0v) is 16.3. The number of nitrogens with zero attached hydrogens (tertiary/aromatic N) is 1.